The van der Waals surface area contributed by atoms with Crippen LogP contribution in [0.15, 0.2) is 85.3 Å². The van der Waals surface area contributed by atoms with Gasteiger partial charge in [0.2, 0.25) is 17.7 Å². The van der Waals surface area contributed by atoms with E-state index in [2.05, 4.69) is 52.1 Å². The van der Waals surface area contributed by atoms with Crippen molar-refractivity contribution in [2.24, 2.45) is 5.92 Å². The average molecular weight is 755 g/mol. The van der Waals surface area contributed by atoms with E-state index in [1.54, 1.807) is 51.1 Å². The number of piperidine rings is 1. The molecule has 1 aliphatic rings. The lowest BCUT2D eigenvalue weighted by atomic mass is 9.94. The second-order valence-corrected chi connectivity index (χ2v) is 16.7. The number of carbonyl (C=O) groups excluding carboxylic acids is 4. The lowest BCUT2D eigenvalue weighted by molar-refractivity contribution is -0.133. The molecule has 4 amide bonds. The zero-order valence-electron chi connectivity index (χ0n) is 32.3. The van der Waals surface area contributed by atoms with Crippen molar-refractivity contribution in [3.63, 3.8) is 0 Å². The maximum atomic E-state index is 14.0. The zero-order chi connectivity index (χ0) is 38.9. The molecule has 0 unspecified atom stereocenters. The number of nitrogens with one attached hydrogen (secondary N) is 3. The maximum Gasteiger partial charge on any atom is 0.408 e. The summed E-state index contributed by atoms with van der Waals surface area (Å²) in [6, 6.07) is 23.4. The first kappa shape index (κ1) is 40.3. The van der Waals surface area contributed by atoms with E-state index in [1.807, 2.05) is 53.4 Å². The highest BCUT2D eigenvalue weighted by Crippen LogP contribution is 2.30. The molecule has 0 radical (unpaired) electrons. The Labute approximate surface area is 323 Å². The van der Waals surface area contributed by atoms with Gasteiger partial charge in [-0.05, 0) is 106 Å². The number of anilines is 1. The van der Waals surface area contributed by atoms with Crippen molar-refractivity contribution in [1.82, 2.24) is 24.5 Å². The third kappa shape index (κ3) is 11.6. The molecular formula is C42H54N6O5S. The zero-order valence-corrected chi connectivity index (χ0v) is 33.1. The molecule has 0 bridgehead atoms. The summed E-state index contributed by atoms with van der Waals surface area (Å²) in [5, 5.41) is 10.6. The number of benzene rings is 3. The van der Waals surface area contributed by atoms with E-state index in [9.17, 15) is 19.2 Å². The van der Waals surface area contributed by atoms with Gasteiger partial charge in [0.15, 0.2) is 5.82 Å². The lowest BCUT2D eigenvalue weighted by Gasteiger charge is -2.33. The summed E-state index contributed by atoms with van der Waals surface area (Å²) >= 11 is 1.45. The van der Waals surface area contributed by atoms with E-state index in [-0.39, 0.29) is 11.8 Å². The lowest BCUT2D eigenvalue weighted by Crippen LogP contribution is -2.58. The summed E-state index contributed by atoms with van der Waals surface area (Å²) in [6.07, 6.45) is 6.30. The van der Waals surface area contributed by atoms with Crippen molar-refractivity contribution < 1.29 is 23.9 Å². The van der Waals surface area contributed by atoms with E-state index >= 15 is 0 Å². The number of hydrogen-bond donors (Lipinski definition) is 3. The monoisotopic (exact) mass is 754 g/mol. The molecular weight excluding hydrogens is 701 g/mol. The maximum absolute atomic E-state index is 14.0. The Morgan fingerprint density at radius 2 is 1.61 bits per heavy atom. The van der Waals surface area contributed by atoms with Crippen LogP contribution in [-0.2, 0) is 25.5 Å². The molecule has 1 saturated heterocycles. The van der Waals surface area contributed by atoms with E-state index in [1.165, 1.54) is 11.9 Å². The molecule has 3 aromatic carbocycles. The van der Waals surface area contributed by atoms with Gasteiger partial charge in [0, 0.05) is 18.8 Å². The minimum atomic E-state index is -1.36. The number of imidazole rings is 1. The van der Waals surface area contributed by atoms with Crippen molar-refractivity contribution in [3.05, 3.63) is 96.4 Å². The van der Waals surface area contributed by atoms with Gasteiger partial charge >= 0.3 is 6.09 Å². The van der Waals surface area contributed by atoms with Crippen LogP contribution in [0, 0.1) is 5.92 Å². The minimum Gasteiger partial charge on any atom is -0.444 e. The molecule has 288 valence electrons. The molecule has 0 spiro atoms. The highest BCUT2D eigenvalue weighted by atomic mass is 32.2. The molecule has 5 rings (SSSR count). The van der Waals surface area contributed by atoms with Crippen LogP contribution in [0.5, 0.6) is 0 Å². The first-order chi connectivity index (χ1) is 25.7. The number of fused-ring (bicyclic) bond motifs is 1. The van der Waals surface area contributed by atoms with Gasteiger partial charge in [-0.3, -0.25) is 18.4 Å². The van der Waals surface area contributed by atoms with Crippen molar-refractivity contribution in [1.29, 1.82) is 0 Å². The molecule has 0 saturated carbocycles. The summed E-state index contributed by atoms with van der Waals surface area (Å²) in [7, 11) is 0. The van der Waals surface area contributed by atoms with Gasteiger partial charge in [0.1, 0.15) is 23.5 Å². The van der Waals surface area contributed by atoms with E-state index in [4.69, 9.17) is 4.74 Å². The highest BCUT2D eigenvalue weighted by molar-refractivity contribution is 7.97. The minimum absolute atomic E-state index is 0.122. The number of hydrogen-bond acceptors (Lipinski definition) is 7. The predicted molar refractivity (Wildman–Crippen MR) is 215 cm³/mol. The third-order valence-electron chi connectivity index (χ3n) is 9.57. The fourth-order valence-electron chi connectivity index (χ4n) is 6.38. The summed E-state index contributed by atoms with van der Waals surface area (Å²) in [5.74, 6) is 0.209. The Hall–Kier alpha value is -4.84. The van der Waals surface area contributed by atoms with Gasteiger partial charge in [0.05, 0.1) is 12.1 Å². The molecule has 2 atom stereocenters. The quantitative estimate of drug-likeness (QED) is 0.123. The Balaban J connectivity index is 1.26. The van der Waals surface area contributed by atoms with Crippen LogP contribution in [0.2, 0.25) is 0 Å². The topological polar surface area (TPSA) is 135 Å². The fourth-order valence-corrected chi connectivity index (χ4v) is 7.32. The van der Waals surface area contributed by atoms with E-state index in [0.717, 1.165) is 54.3 Å². The Morgan fingerprint density at radius 1 is 0.926 bits per heavy atom. The smallest absolute Gasteiger partial charge is 0.408 e. The van der Waals surface area contributed by atoms with Gasteiger partial charge in [-0.2, -0.15) is 0 Å². The van der Waals surface area contributed by atoms with Crippen LogP contribution < -0.4 is 16.0 Å². The van der Waals surface area contributed by atoms with Gasteiger partial charge in [-0.15, -0.1) is 0 Å². The number of nitrogens with zero attached hydrogens (tertiary/aromatic N) is 3. The van der Waals surface area contributed by atoms with Gasteiger partial charge in [0.25, 0.3) is 0 Å². The van der Waals surface area contributed by atoms with E-state index < -0.39 is 35.1 Å². The highest BCUT2D eigenvalue weighted by Gasteiger charge is 2.35. The average Bonchev–Trinajstić information content (AvgIpc) is 3.57. The van der Waals surface area contributed by atoms with Gasteiger partial charge in [-0.1, -0.05) is 79.7 Å². The fraction of sp³-hybridized carbons (Fsp3) is 0.452. The summed E-state index contributed by atoms with van der Waals surface area (Å²) in [4.78, 5) is 60.2. The van der Waals surface area contributed by atoms with Crippen LogP contribution in [0.3, 0.4) is 0 Å². The van der Waals surface area contributed by atoms with Crippen LogP contribution in [-0.4, -0.2) is 73.7 Å². The molecule has 2 heterocycles. The molecule has 3 N–H and O–H groups in total. The summed E-state index contributed by atoms with van der Waals surface area (Å²) < 4.78 is 7.15. The first-order valence-corrected chi connectivity index (χ1v) is 19.7. The van der Waals surface area contributed by atoms with Crippen LogP contribution in [0.25, 0.3) is 10.8 Å². The normalized spacial score (nSPS) is 15.0. The second-order valence-electron chi connectivity index (χ2n) is 15.7. The van der Waals surface area contributed by atoms with Gasteiger partial charge < -0.3 is 25.6 Å². The Kier molecular flexibility index (Phi) is 13.4. The van der Waals surface area contributed by atoms with Crippen molar-refractivity contribution in [2.45, 2.75) is 96.7 Å². The number of likely N-dealkylation sites (tertiary alicyclic amines) is 1. The number of carbonyl (C=O) groups is 4. The van der Waals surface area contributed by atoms with E-state index in [0.29, 0.717) is 30.3 Å². The van der Waals surface area contributed by atoms with Crippen molar-refractivity contribution in [3.8, 4) is 0 Å². The van der Waals surface area contributed by atoms with Crippen molar-refractivity contribution >= 4 is 52.4 Å². The van der Waals surface area contributed by atoms with Crippen LogP contribution in [0.4, 0.5) is 10.6 Å². The second kappa shape index (κ2) is 18.0. The molecule has 1 fully saturated rings. The molecule has 1 aromatic heterocycles. The van der Waals surface area contributed by atoms with Crippen molar-refractivity contribution in [2.75, 3.05) is 24.2 Å². The number of aryl methyl sites for hydroxylation is 1. The molecule has 12 heteroatoms. The van der Waals surface area contributed by atoms with Crippen LogP contribution >= 0.6 is 11.9 Å². The number of aromatic nitrogens is 2. The molecule has 11 nitrogen and oxygen atoms in total. The number of alkyl carbamates (subject to hydrolysis) is 1. The third-order valence-corrected chi connectivity index (χ3v) is 10.6. The molecule has 1 aliphatic heterocycles. The first-order valence-electron chi connectivity index (χ1n) is 18.8. The Bertz CT molecular complexity index is 1900. The summed E-state index contributed by atoms with van der Waals surface area (Å²) in [6.45, 7) is 12.1. The number of rotatable bonds is 14. The molecule has 0 aliphatic carbocycles. The molecule has 54 heavy (non-hydrogen) atoms. The number of amides is 4. The Morgan fingerprint density at radius 3 is 2.31 bits per heavy atom. The molecule has 4 aromatic rings. The summed E-state index contributed by atoms with van der Waals surface area (Å²) in [5.41, 5.74) is -0.00103. The van der Waals surface area contributed by atoms with Crippen LogP contribution in [0.1, 0.15) is 84.3 Å². The van der Waals surface area contributed by atoms with Gasteiger partial charge in [-0.25, -0.2) is 9.78 Å². The standard InChI is InChI=1S/C42H54N6O5S/c1-29-21-23-47(24-22-29)38(50)34(33-20-19-31-16-10-11-17-32(31)25-33)27-54-48-26-36(43-28-48)45-37(49)35(18-12-15-30-13-8-7-9-14-30)44-39(51)42(5,6)46-40(52)53-41(2,3)4/h7-11,13-14,16-17,19-20,25-26,28-29,34-35H,12,15,18,21-24,27H2,1-6H3,(H,44,51)(H,45,49)(H,46,52)/t34-,35+/m0/s1. The predicted octanol–water partition coefficient (Wildman–Crippen LogP) is 7.32. The SMILES string of the molecule is CC1CCN(C(=O)[C@@H](CSn2cnc(NC(=O)[C@@H](CCCc3ccccc3)NC(=O)C(C)(C)NC(=O)OC(C)(C)C)c2)c2ccc3ccccc3c2)CC1. The number of ether oxygens (including phenoxy) is 1. The largest absolute Gasteiger partial charge is 0.444 e.